The Kier molecular flexibility index (Phi) is 5.55. The number of hydrogen-bond acceptors (Lipinski definition) is 3. The van der Waals surface area contributed by atoms with E-state index in [1.54, 1.807) is 14.2 Å². The van der Waals surface area contributed by atoms with E-state index in [2.05, 4.69) is 18.3 Å². The lowest BCUT2D eigenvalue weighted by Gasteiger charge is -2.27. The maximum atomic E-state index is 6.39. The van der Waals surface area contributed by atoms with Crippen molar-refractivity contribution in [2.45, 2.75) is 38.6 Å². The van der Waals surface area contributed by atoms with Gasteiger partial charge < -0.3 is 14.8 Å². The molecule has 1 N–H and O–H groups in total. The van der Waals surface area contributed by atoms with Crippen LogP contribution in [0.4, 0.5) is 0 Å². The monoisotopic (exact) mass is 297 g/mol. The first-order valence-corrected chi connectivity index (χ1v) is 7.74. The van der Waals surface area contributed by atoms with E-state index in [1.165, 1.54) is 25.7 Å². The highest BCUT2D eigenvalue weighted by Crippen LogP contribution is 2.44. The lowest BCUT2D eigenvalue weighted by molar-refractivity contribution is 0.346. The fraction of sp³-hybridized carbons (Fsp3) is 0.625. The Balaban J connectivity index is 2.39. The molecular formula is C16H24ClNO2. The van der Waals surface area contributed by atoms with Crippen LogP contribution in [0, 0.1) is 5.92 Å². The van der Waals surface area contributed by atoms with Crippen molar-refractivity contribution in [1.29, 1.82) is 0 Å². The highest BCUT2D eigenvalue weighted by atomic mass is 35.5. The van der Waals surface area contributed by atoms with E-state index >= 15 is 0 Å². The van der Waals surface area contributed by atoms with Crippen molar-refractivity contribution in [2.75, 3.05) is 20.8 Å². The van der Waals surface area contributed by atoms with Gasteiger partial charge in [-0.2, -0.15) is 0 Å². The normalized spacial score (nSPS) is 17.2. The molecule has 0 spiro atoms. The molecule has 20 heavy (non-hydrogen) atoms. The first kappa shape index (κ1) is 15.5. The number of methoxy groups -OCH3 is 2. The van der Waals surface area contributed by atoms with Crippen molar-refractivity contribution in [1.82, 2.24) is 5.32 Å². The highest BCUT2D eigenvalue weighted by Gasteiger charge is 2.29. The van der Waals surface area contributed by atoms with Gasteiger partial charge in [-0.3, -0.25) is 0 Å². The minimum absolute atomic E-state index is 0.306. The highest BCUT2D eigenvalue weighted by molar-refractivity contribution is 6.33. The van der Waals surface area contributed by atoms with E-state index in [0.717, 1.165) is 17.9 Å². The zero-order valence-corrected chi connectivity index (χ0v) is 13.3. The summed E-state index contributed by atoms with van der Waals surface area (Å²) in [6.45, 7) is 3.08. The molecule has 0 aliphatic heterocycles. The van der Waals surface area contributed by atoms with Crippen LogP contribution in [0.1, 0.15) is 44.2 Å². The summed E-state index contributed by atoms with van der Waals surface area (Å²) in [5.74, 6) is 2.06. The SMILES string of the molecule is CCNC(c1ccc(OC)c(Cl)c1OC)C1CCCC1. The minimum atomic E-state index is 0.306. The van der Waals surface area contributed by atoms with Gasteiger partial charge in [0.15, 0.2) is 0 Å². The molecule has 0 heterocycles. The van der Waals surface area contributed by atoms with E-state index in [0.29, 0.717) is 22.7 Å². The Bertz CT molecular complexity index is 444. The van der Waals surface area contributed by atoms with Crippen molar-refractivity contribution in [3.63, 3.8) is 0 Å². The maximum absolute atomic E-state index is 6.39. The van der Waals surface area contributed by atoms with Gasteiger partial charge in [-0.05, 0) is 37.4 Å². The second-order valence-electron chi connectivity index (χ2n) is 5.28. The molecular weight excluding hydrogens is 274 g/mol. The van der Waals surface area contributed by atoms with Crippen LogP contribution in [0.5, 0.6) is 11.5 Å². The van der Waals surface area contributed by atoms with Crippen molar-refractivity contribution < 1.29 is 9.47 Å². The van der Waals surface area contributed by atoms with Crippen molar-refractivity contribution in [3.8, 4) is 11.5 Å². The smallest absolute Gasteiger partial charge is 0.146 e. The van der Waals surface area contributed by atoms with Gasteiger partial charge in [-0.15, -0.1) is 0 Å². The summed E-state index contributed by atoms with van der Waals surface area (Å²) in [7, 11) is 3.29. The molecule has 1 aromatic carbocycles. The molecule has 1 aliphatic rings. The number of hydrogen-bond donors (Lipinski definition) is 1. The zero-order chi connectivity index (χ0) is 14.5. The van der Waals surface area contributed by atoms with Crippen molar-refractivity contribution in [3.05, 3.63) is 22.7 Å². The summed E-state index contributed by atoms with van der Waals surface area (Å²) in [6.07, 6.45) is 5.17. The fourth-order valence-electron chi connectivity index (χ4n) is 3.20. The Hall–Kier alpha value is -0.930. The molecule has 1 unspecified atom stereocenters. The summed E-state index contributed by atoms with van der Waals surface area (Å²) in [5.41, 5.74) is 1.15. The van der Waals surface area contributed by atoms with Crippen LogP contribution in [-0.2, 0) is 0 Å². The van der Waals surface area contributed by atoms with Crippen molar-refractivity contribution >= 4 is 11.6 Å². The van der Waals surface area contributed by atoms with Crippen LogP contribution >= 0.6 is 11.6 Å². The van der Waals surface area contributed by atoms with Gasteiger partial charge in [0.25, 0.3) is 0 Å². The minimum Gasteiger partial charge on any atom is -0.495 e. The van der Waals surface area contributed by atoms with Gasteiger partial charge >= 0.3 is 0 Å². The largest absolute Gasteiger partial charge is 0.495 e. The first-order valence-electron chi connectivity index (χ1n) is 7.36. The molecule has 1 saturated carbocycles. The van der Waals surface area contributed by atoms with E-state index in [1.807, 2.05) is 6.07 Å². The summed E-state index contributed by atoms with van der Waals surface area (Å²) in [5, 5.41) is 4.16. The van der Waals surface area contributed by atoms with Crippen LogP contribution in [0.15, 0.2) is 12.1 Å². The fourth-order valence-corrected chi connectivity index (χ4v) is 3.53. The topological polar surface area (TPSA) is 30.5 Å². The van der Waals surface area contributed by atoms with E-state index < -0.39 is 0 Å². The number of nitrogens with one attached hydrogen (secondary N) is 1. The van der Waals surface area contributed by atoms with Gasteiger partial charge in [0.05, 0.1) is 14.2 Å². The third kappa shape index (κ3) is 3.04. The lowest BCUT2D eigenvalue weighted by Crippen LogP contribution is -2.27. The van der Waals surface area contributed by atoms with Gasteiger partial charge in [0, 0.05) is 11.6 Å². The number of ether oxygens (including phenoxy) is 2. The molecule has 1 fully saturated rings. The second kappa shape index (κ2) is 7.19. The molecule has 112 valence electrons. The number of halogens is 1. The second-order valence-corrected chi connectivity index (χ2v) is 5.66. The zero-order valence-electron chi connectivity index (χ0n) is 12.5. The molecule has 0 aromatic heterocycles. The Morgan fingerprint density at radius 2 is 1.95 bits per heavy atom. The van der Waals surface area contributed by atoms with Crippen LogP contribution in [-0.4, -0.2) is 20.8 Å². The van der Waals surface area contributed by atoms with E-state index in [9.17, 15) is 0 Å². The molecule has 0 saturated heterocycles. The Labute approximate surface area is 126 Å². The molecule has 1 atom stereocenters. The lowest BCUT2D eigenvalue weighted by atomic mass is 9.91. The van der Waals surface area contributed by atoms with Gasteiger partial charge in [-0.25, -0.2) is 0 Å². The molecule has 0 bridgehead atoms. The molecule has 1 aliphatic carbocycles. The van der Waals surface area contributed by atoms with E-state index in [4.69, 9.17) is 21.1 Å². The predicted octanol–water partition coefficient (Wildman–Crippen LogP) is 4.20. The molecule has 0 radical (unpaired) electrons. The molecule has 3 nitrogen and oxygen atoms in total. The van der Waals surface area contributed by atoms with Crippen LogP contribution in [0.3, 0.4) is 0 Å². The third-order valence-electron chi connectivity index (χ3n) is 4.15. The van der Waals surface area contributed by atoms with Crippen molar-refractivity contribution in [2.24, 2.45) is 5.92 Å². The van der Waals surface area contributed by atoms with Crippen LogP contribution in [0.25, 0.3) is 0 Å². The average molecular weight is 298 g/mol. The summed E-state index contributed by atoms with van der Waals surface area (Å²) < 4.78 is 10.8. The molecule has 4 heteroatoms. The Morgan fingerprint density at radius 1 is 1.25 bits per heavy atom. The van der Waals surface area contributed by atoms with Crippen LogP contribution in [0.2, 0.25) is 5.02 Å². The summed E-state index contributed by atoms with van der Waals surface area (Å²) in [4.78, 5) is 0. The first-order chi connectivity index (χ1) is 9.72. The number of benzene rings is 1. The number of rotatable bonds is 6. The van der Waals surface area contributed by atoms with Gasteiger partial charge in [0.1, 0.15) is 16.5 Å². The van der Waals surface area contributed by atoms with Gasteiger partial charge in [0.2, 0.25) is 0 Å². The van der Waals surface area contributed by atoms with E-state index in [-0.39, 0.29) is 0 Å². The predicted molar refractivity (Wildman–Crippen MR) is 82.9 cm³/mol. The molecule has 0 amide bonds. The summed E-state index contributed by atoms with van der Waals surface area (Å²) >= 11 is 6.39. The van der Waals surface area contributed by atoms with Crippen LogP contribution < -0.4 is 14.8 Å². The Morgan fingerprint density at radius 3 is 2.50 bits per heavy atom. The quantitative estimate of drug-likeness (QED) is 0.853. The maximum Gasteiger partial charge on any atom is 0.146 e. The summed E-state index contributed by atoms with van der Waals surface area (Å²) in [6, 6.07) is 4.31. The molecule has 2 rings (SSSR count). The molecule has 1 aromatic rings. The average Bonchev–Trinajstić information content (AvgIpc) is 2.98. The standard InChI is InChI=1S/C16H24ClNO2/c1-4-18-15(11-7-5-6-8-11)12-9-10-13(19-2)14(17)16(12)20-3/h9-11,15,18H,4-8H2,1-3H3. The van der Waals surface area contributed by atoms with Gasteiger partial charge in [-0.1, -0.05) is 31.4 Å². The third-order valence-corrected chi connectivity index (χ3v) is 4.50.